The normalized spacial score (nSPS) is 16.2. The summed E-state index contributed by atoms with van der Waals surface area (Å²) in [4.78, 5) is 24.7. The molecule has 0 atom stereocenters. The maximum atomic E-state index is 13.0. The van der Waals surface area contributed by atoms with Gasteiger partial charge in [-0.2, -0.15) is 13.2 Å². The van der Waals surface area contributed by atoms with Crippen molar-refractivity contribution in [2.45, 2.75) is 24.9 Å². The topological polar surface area (TPSA) is 105 Å². The van der Waals surface area contributed by atoms with Crippen LogP contribution in [-0.4, -0.2) is 51.1 Å². The lowest BCUT2D eigenvalue weighted by molar-refractivity contribution is -0.156. The molecule has 5 aromatic rings. The minimum atomic E-state index is -4.65. The van der Waals surface area contributed by atoms with Crippen molar-refractivity contribution in [2.75, 3.05) is 36.4 Å². The van der Waals surface area contributed by atoms with E-state index in [1.54, 1.807) is 18.5 Å². The molecule has 1 saturated carbocycles. The fourth-order valence-electron chi connectivity index (χ4n) is 4.94. The third-order valence-corrected chi connectivity index (χ3v) is 6.97. The number of fused-ring (bicyclic) bond motifs is 2. The zero-order valence-corrected chi connectivity index (χ0v) is 20.7. The highest BCUT2D eigenvalue weighted by molar-refractivity contribution is 5.94. The van der Waals surface area contributed by atoms with Gasteiger partial charge >= 0.3 is 12.1 Å². The smallest absolute Gasteiger partial charge is 0.433 e. The molecular formula is C27H23F3N8O. The van der Waals surface area contributed by atoms with Crippen LogP contribution in [0.25, 0.3) is 33.4 Å². The molecule has 198 valence electrons. The summed E-state index contributed by atoms with van der Waals surface area (Å²) in [6, 6.07) is 8.20. The third-order valence-electron chi connectivity index (χ3n) is 6.97. The number of pyridine rings is 2. The lowest BCUT2D eigenvalue weighted by atomic mass is 10.1. The predicted octanol–water partition coefficient (Wildman–Crippen LogP) is 5.28. The van der Waals surface area contributed by atoms with E-state index in [1.165, 1.54) is 17.7 Å². The monoisotopic (exact) mass is 532 g/mol. The summed E-state index contributed by atoms with van der Waals surface area (Å²) in [5.74, 6) is 1.19. The van der Waals surface area contributed by atoms with Gasteiger partial charge in [0.2, 0.25) is 0 Å². The Kier molecular flexibility index (Phi) is 5.58. The van der Waals surface area contributed by atoms with Crippen molar-refractivity contribution in [1.82, 2.24) is 30.2 Å². The average molecular weight is 533 g/mol. The van der Waals surface area contributed by atoms with Crippen LogP contribution >= 0.6 is 0 Å². The maximum Gasteiger partial charge on any atom is 0.468 e. The first-order valence-electron chi connectivity index (χ1n) is 12.7. The molecule has 0 radical (unpaired) electrons. The van der Waals surface area contributed by atoms with Crippen LogP contribution < -0.4 is 15.5 Å². The Morgan fingerprint density at radius 3 is 2.62 bits per heavy atom. The summed E-state index contributed by atoms with van der Waals surface area (Å²) in [7, 11) is 0. The number of anilines is 3. The number of aromatic nitrogens is 5. The number of hydrogen-bond donors (Lipinski definition) is 2. The molecule has 1 aliphatic carbocycles. The minimum Gasteiger partial charge on any atom is -0.433 e. The number of rotatable bonds is 5. The second-order valence-electron chi connectivity index (χ2n) is 9.76. The summed E-state index contributed by atoms with van der Waals surface area (Å²) in [6.07, 6.45) is 3.04. The van der Waals surface area contributed by atoms with E-state index in [4.69, 9.17) is 14.4 Å². The lowest BCUT2D eigenvalue weighted by Crippen LogP contribution is -2.44. The van der Waals surface area contributed by atoms with Crippen molar-refractivity contribution < 1.29 is 17.6 Å². The summed E-state index contributed by atoms with van der Waals surface area (Å²) in [6.45, 7) is 3.46. The molecule has 2 fully saturated rings. The summed E-state index contributed by atoms with van der Waals surface area (Å²) >= 11 is 0. The van der Waals surface area contributed by atoms with Gasteiger partial charge in [-0.3, -0.25) is 4.98 Å². The molecule has 0 unspecified atom stereocenters. The van der Waals surface area contributed by atoms with E-state index in [2.05, 4.69) is 30.5 Å². The number of benzene rings is 1. The van der Waals surface area contributed by atoms with Crippen LogP contribution in [0.5, 0.6) is 0 Å². The molecule has 1 aromatic carbocycles. The molecule has 2 N–H and O–H groups in total. The van der Waals surface area contributed by atoms with Crippen LogP contribution in [0.15, 0.2) is 53.3 Å². The van der Waals surface area contributed by atoms with Crippen LogP contribution in [0.1, 0.15) is 30.2 Å². The highest BCUT2D eigenvalue weighted by atomic mass is 19.4. The summed E-state index contributed by atoms with van der Waals surface area (Å²) in [5, 5.41) is 7.61. The fourth-order valence-corrected chi connectivity index (χ4v) is 4.94. The Morgan fingerprint density at radius 1 is 0.974 bits per heavy atom. The van der Waals surface area contributed by atoms with Crippen LogP contribution in [0.3, 0.4) is 0 Å². The first-order valence-corrected chi connectivity index (χ1v) is 12.7. The van der Waals surface area contributed by atoms with Gasteiger partial charge < -0.3 is 20.0 Å². The van der Waals surface area contributed by atoms with Crippen LogP contribution in [0, 0.1) is 0 Å². The van der Waals surface area contributed by atoms with Crippen molar-refractivity contribution in [2.24, 2.45) is 0 Å². The van der Waals surface area contributed by atoms with E-state index in [9.17, 15) is 13.2 Å². The molecule has 9 nitrogen and oxygen atoms in total. The van der Waals surface area contributed by atoms with Gasteiger partial charge in [-0.25, -0.2) is 19.9 Å². The Labute approximate surface area is 220 Å². The van der Waals surface area contributed by atoms with Crippen molar-refractivity contribution >= 4 is 39.3 Å². The SMILES string of the molecule is FC(F)(F)c1nc2cc(Nc3cc(-c4nc(N5CCNCC5)c5c(C6CC6)cncc5n4)ccn3)ccc2o1. The Balaban J connectivity index is 1.25. The Bertz CT molecular complexity index is 1690. The first-order chi connectivity index (χ1) is 18.9. The number of nitrogens with zero attached hydrogens (tertiary/aromatic N) is 6. The number of oxazole rings is 1. The second-order valence-corrected chi connectivity index (χ2v) is 9.76. The third kappa shape index (κ3) is 4.60. The number of halogens is 3. The summed E-state index contributed by atoms with van der Waals surface area (Å²) < 4.78 is 43.8. The Morgan fingerprint density at radius 2 is 1.82 bits per heavy atom. The predicted molar refractivity (Wildman–Crippen MR) is 140 cm³/mol. The second kappa shape index (κ2) is 9.16. The largest absolute Gasteiger partial charge is 0.468 e. The van der Waals surface area contributed by atoms with Gasteiger partial charge in [-0.15, -0.1) is 0 Å². The van der Waals surface area contributed by atoms with Gasteiger partial charge in [0.25, 0.3) is 0 Å². The number of nitrogens with one attached hydrogen (secondary N) is 2. The van der Waals surface area contributed by atoms with Gasteiger partial charge in [-0.1, -0.05) is 0 Å². The van der Waals surface area contributed by atoms with Crippen LogP contribution in [0.2, 0.25) is 0 Å². The molecule has 1 saturated heterocycles. The van der Waals surface area contributed by atoms with Crippen molar-refractivity contribution in [3.05, 3.63) is 60.4 Å². The highest BCUT2D eigenvalue weighted by Crippen LogP contribution is 2.45. The lowest BCUT2D eigenvalue weighted by Gasteiger charge is -2.30. The van der Waals surface area contributed by atoms with E-state index in [0.717, 1.165) is 61.3 Å². The quantitative estimate of drug-likeness (QED) is 0.313. The Hall–Kier alpha value is -4.32. The molecule has 1 aliphatic heterocycles. The molecule has 0 bridgehead atoms. The van der Waals surface area contributed by atoms with E-state index < -0.39 is 12.1 Å². The molecule has 12 heteroatoms. The van der Waals surface area contributed by atoms with E-state index in [-0.39, 0.29) is 11.1 Å². The van der Waals surface area contributed by atoms with Crippen molar-refractivity contribution in [3.63, 3.8) is 0 Å². The molecular weight excluding hydrogens is 509 g/mol. The van der Waals surface area contributed by atoms with E-state index in [1.807, 2.05) is 18.3 Å². The zero-order valence-electron chi connectivity index (χ0n) is 20.7. The van der Waals surface area contributed by atoms with E-state index in [0.29, 0.717) is 23.2 Å². The molecule has 7 rings (SSSR count). The number of piperazine rings is 1. The average Bonchev–Trinajstić information content (AvgIpc) is 3.70. The minimum absolute atomic E-state index is 0.0544. The van der Waals surface area contributed by atoms with Crippen LogP contribution in [0.4, 0.5) is 30.5 Å². The fraction of sp³-hybridized carbons (Fsp3) is 0.296. The molecule has 39 heavy (non-hydrogen) atoms. The molecule has 2 aliphatic rings. The summed E-state index contributed by atoms with van der Waals surface area (Å²) in [5.41, 5.74) is 3.44. The van der Waals surface area contributed by atoms with Crippen molar-refractivity contribution in [1.29, 1.82) is 0 Å². The van der Waals surface area contributed by atoms with Gasteiger partial charge in [-0.05, 0) is 54.7 Å². The van der Waals surface area contributed by atoms with Crippen LogP contribution in [-0.2, 0) is 6.18 Å². The maximum absolute atomic E-state index is 13.0. The molecule has 4 aromatic heterocycles. The van der Waals surface area contributed by atoms with Gasteiger partial charge in [0.05, 0.1) is 11.7 Å². The van der Waals surface area contributed by atoms with E-state index >= 15 is 0 Å². The standard InChI is InChI=1S/C27H23F3N8O/c28-27(29,30)26-36-19-12-17(3-4-21(19)39-26)34-22-11-16(5-6-33-22)24-35-20-14-32-13-18(15-1-2-15)23(20)25(37-24)38-9-7-31-8-10-38/h3-6,11-15,31H,1-2,7-10H2,(H,33,34). The highest BCUT2D eigenvalue weighted by Gasteiger charge is 2.37. The molecule has 5 heterocycles. The number of alkyl halides is 3. The first kappa shape index (κ1) is 23.8. The number of hydrogen-bond acceptors (Lipinski definition) is 9. The molecule has 0 spiro atoms. The van der Waals surface area contributed by atoms with Gasteiger partial charge in [0, 0.05) is 55.2 Å². The zero-order chi connectivity index (χ0) is 26.6. The van der Waals surface area contributed by atoms with Gasteiger partial charge in [0.1, 0.15) is 17.2 Å². The molecule has 0 amide bonds. The van der Waals surface area contributed by atoms with Gasteiger partial charge in [0.15, 0.2) is 11.4 Å². The van der Waals surface area contributed by atoms with Crippen molar-refractivity contribution in [3.8, 4) is 11.4 Å².